The molecule has 1 aromatic carbocycles. The van der Waals surface area contributed by atoms with Crippen molar-refractivity contribution in [2.45, 2.75) is 18.1 Å². The molecule has 1 aliphatic rings. The number of β-amino-alcohol motifs (C(OH)–C–C–N with tert-alkyl or cyclic N) is 1. The van der Waals surface area contributed by atoms with E-state index in [2.05, 4.69) is 4.90 Å². The number of aliphatic hydroxyl groups excluding tert-OH is 1. The molecule has 0 spiro atoms. The normalized spacial score (nSPS) is 30.4. The van der Waals surface area contributed by atoms with E-state index in [4.69, 9.17) is 4.74 Å². The Morgan fingerprint density at radius 3 is 2.47 bits per heavy atom. The number of benzene rings is 1. The Morgan fingerprint density at radius 2 is 1.88 bits per heavy atom. The smallest absolute Gasteiger partial charge is 0.115 e. The highest BCUT2D eigenvalue weighted by Gasteiger charge is 2.35. The van der Waals surface area contributed by atoms with E-state index in [0.717, 1.165) is 12.1 Å². The maximum absolute atomic E-state index is 10.2. The summed E-state index contributed by atoms with van der Waals surface area (Å²) in [6.45, 7) is 1.45. The lowest BCUT2D eigenvalue weighted by atomic mass is 9.85. The fourth-order valence-electron chi connectivity index (χ4n) is 2.53. The molecule has 2 rings (SSSR count). The van der Waals surface area contributed by atoms with Gasteiger partial charge in [0.05, 0.1) is 12.2 Å². The van der Waals surface area contributed by atoms with Gasteiger partial charge in [-0.1, -0.05) is 12.1 Å². The molecule has 4 heteroatoms. The van der Waals surface area contributed by atoms with Gasteiger partial charge in [0.25, 0.3) is 0 Å². The molecule has 1 heterocycles. The minimum Gasteiger partial charge on any atom is -0.508 e. The summed E-state index contributed by atoms with van der Waals surface area (Å²) in [5, 5.41) is 19.5. The first-order chi connectivity index (χ1) is 8.11. The summed E-state index contributed by atoms with van der Waals surface area (Å²) in [6.07, 6.45) is -0.462. The van der Waals surface area contributed by atoms with Crippen molar-refractivity contribution in [3.63, 3.8) is 0 Å². The Morgan fingerprint density at radius 1 is 1.24 bits per heavy atom. The number of phenolic OH excluding ortho intramolecular Hbond substituents is 1. The number of piperidine rings is 1. The van der Waals surface area contributed by atoms with E-state index in [9.17, 15) is 10.2 Å². The molecule has 0 bridgehead atoms. The molecule has 1 aliphatic heterocycles. The second kappa shape index (κ2) is 5.04. The minimum absolute atomic E-state index is 0.0201. The molecular formula is C13H19NO3. The number of likely N-dealkylation sites (N-methyl/N-ethyl adjacent to an activating group) is 1. The zero-order valence-corrected chi connectivity index (χ0v) is 10.2. The van der Waals surface area contributed by atoms with Crippen molar-refractivity contribution in [2.75, 3.05) is 27.2 Å². The van der Waals surface area contributed by atoms with Gasteiger partial charge in [0.1, 0.15) is 5.75 Å². The predicted molar refractivity (Wildman–Crippen MR) is 65.1 cm³/mol. The number of aliphatic hydroxyl groups is 1. The van der Waals surface area contributed by atoms with Crippen LogP contribution < -0.4 is 0 Å². The highest BCUT2D eigenvalue weighted by Crippen LogP contribution is 2.30. The summed E-state index contributed by atoms with van der Waals surface area (Å²) in [5.74, 6) is 0.210. The zero-order chi connectivity index (χ0) is 12.4. The number of nitrogens with zero attached hydrogens (tertiary/aromatic N) is 1. The number of rotatable bonds is 2. The third-order valence-corrected chi connectivity index (χ3v) is 3.39. The van der Waals surface area contributed by atoms with Crippen LogP contribution in [0.2, 0.25) is 0 Å². The molecule has 1 aromatic rings. The quantitative estimate of drug-likeness (QED) is 0.799. The molecule has 3 atom stereocenters. The largest absolute Gasteiger partial charge is 0.508 e. The molecule has 4 nitrogen and oxygen atoms in total. The number of phenols is 1. The number of hydrogen-bond donors (Lipinski definition) is 2. The van der Waals surface area contributed by atoms with Crippen LogP contribution in [0.15, 0.2) is 24.3 Å². The van der Waals surface area contributed by atoms with Gasteiger partial charge in [-0.2, -0.15) is 0 Å². The first kappa shape index (κ1) is 12.4. The van der Waals surface area contributed by atoms with Gasteiger partial charge in [-0.3, -0.25) is 0 Å². The first-order valence-electron chi connectivity index (χ1n) is 5.80. The van der Waals surface area contributed by atoms with Crippen LogP contribution >= 0.6 is 0 Å². The number of ether oxygens (including phenoxy) is 1. The lowest BCUT2D eigenvalue weighted by Gasteiger charge is -2.39. The topological polar surface area (TPSA) is 52.9 Å². The average Bonchev–Trinajstić information content (AvgIpc) is 2.30. The maximum atomic E-state index is 10.2. The molecule has 0 radical (unpaired) electrons. The molecular weight excluding hydrogens is 218 g/mol. The van der Waals surface area contributed by atoms with Crippen LogP contribution in [0.1, 0.15) is 11.5 Å². The fourth-order valence-corrected chi connectivity index (χ4v) is 2.53. The van der Waals surface area contributed by atoms with Crippen molar-refractivity contribution in [3.05, 3.63) is 29.8 Å². The van der Waals surface area contributed by atoms with Gasteiger partial charge in [0, 0.05) is 26.1 Å². The van der Waals surface area contributed by atoms with Crippen molar-refractivity contribution in [3.8, 4) is 5.75 Å². The van der Waals surface area contributed by atoms with Crippen molar-refractivity contribution in [2.24, 2.45) is 0 Å². The van der Waals surface area contributed by atoms with E-state index in [1.54, 1.807) is 19.2 Å². The molecule has 1 fully saturated rings. The van der Waals surface area contributed by atoms with Crippen LogP contribution in [0.25, 0.3) is 0 Å². The maximum Gasteiger partial charge on any atom is 0.115 e. The molecule has 3 unspecified atom stereocenters. The van der Waals surface area contributed by atoms with Gasteiger partial charge < -0.3 is 19.8 Å². The van der Waals surface area contributed by atoms with Crippen molar-refractivity contribution in [1.29, 1.82) is 0 Å². The predicted octanol–water partition coefficient (Wildman–Crippen LogP) is 0.797. The first-order valence-corrected chi connectivity index (χ1v) is 5.80. The van der Waals surface area contributed by atoms with Crippen LogP contribution in [0, 0.1) is 0 Å². The molecule has 94 valence electrons. The van der Waals surface area contributed by atoms with E-state index in [0.29, 0.717) is 6.54 Å². The van der Waals surface area contributed by atoms with Gasteiger partial charge in [0.15, 0.2) is 0 Å². The Bertz CT molecular complexity index is 365. The Labute approximate surface area is 101 Å². The molecule has 0 saturated carbocycles. The standard InChI is InChI=1S/C13H19NO3/c1-14-7-11(16)13(12(8-14)17-2)9-3-5-10(15)6-4-9/h3-6,11-13,15-16H,7-8H2,1-2H3. The summed E-state index contributed by atoms with van der Waals surface area (Å²) >= 11 is 0. The Hall–Kier alpha value is -1.10. The van der Waals surface area contributed by atoms with Gasteiger partial charge >= 0.3 is 0 Å². The SMILES string of the molecule is COC1CN(C)CC(O)C1c1ccc(O)cc1. The summed E-state index contributed by atoms with van der Waals surface area (Å²) in [7, 11) is 3.65. The van der Waals surface area contributed by atoms with Crippen LogP contribution in [0.3, 0.4) is 0 Å². The summed E-state index contributed by atoms with van der Waals surface area (Å²) in [6, 6.07) is 6.99. The van der Waals surface area contributed by atoms with Crippen molar-refractivity contribution < 1.29 is 14.9 Å². The molecule has 0 aromatic heterocycles. The van der Waals surface area contributed by atoms with Crippen molar-refractivity contribution >= 4 is 0 Å². The highest BCUT2D eigenvalue weighted by atomic mass is 16.5. The molecule has 2 N–H and O–H groups in total. The summed E-state index contributed by atoms with van der Waals surface area (Å²) in [4.78, 5) is 2.07. The third-order valence-electron chi connectivity index (χ3n) is 3.39. The van der Waals surface area contributed by atoms with Gasteiger partial charge in [-0.25, -0.2) is 0 Å². The number of aromatic hydroxyl groups is 1. The second-order valence-electron chi connectivity index (χ2n) is 4.68. The lowest BCUT2D eigenvalue weighted by molar-refractivity contribution is -0.0411. The molecule has 0 aliphatic carbocycles. The Kier molecular flexibility index (Phi) is 3.66. The summed E-state index contributed by atoms with van der Waals surface area (Å²) in [5.41, 5.74) is 1.01. The number of hydrogen-bond acceptors (Lipinski definition) is 4. The third kappa shape index (κ3) is 2.60. The van der Waals surface area contributed by atoms with Crippen LogP contribution in [0.4, 0.5) is 0 Å². The number of likely N-dealkylation sites (tertiary alicyclic amines) is 1. The van der Waals surface area contributed by atoms with E-state index in [1.165, 1.54) is 0 Å². The monoisotopic (exact) mass is 237 g/mol. The zero-order valence-electron chi connectivity index (χ0n) is 10.2. The second-order valence-corrected chi connectivity index (χ2v) is 4.68. The van der Waals surface area contributed by atoms with Crippen molar-refractivity contribution in [1.82, 2.24) is 4.90 Å². The molecule has 1 saturated heterocycles. The minimum atomic E-state index is -0.441. The lowest BCUT2D eigenvalue weighted by Crippen LogP contribution is -2.49. The van der Waals surface area contributed by atoms with Gasteiger partial charge in [-0.15, -0.1) is 0 Å². The fraction of sp³-hybridized carbons (Fsp3) is 0.538. The van der Waals surface area contributed by atoms with Gasteiger partial charge in [-0.05, 0) is 24.7 Å². The van der Waals surface area contributed by atoms with Gasteiger partial charge in [0.2, 0.25) is 0 Å². The van der Waals surface area contributed by atoms with Crippen LogP contribution in [-0.4, -0.2) is 54.6 Å². The van der Waals surface area contributed by atoms with Crippen LogP contribution in [-0.2, 0) is 4.74 Å². The van der Waals surface area contributed by atoms with E-state index >= 15 is 0 Å². The Balaban J connectivity index is 2.24. The average molecular weight is 237 g/mol. The van der Waals surface area contributed by atoms with E-state index < -0.39 is 6.10 Å². The highest BCUT2D eigenvalue weighted by molar-refractivity contribution is 5.30. The summed E-state index contributed by atoms with van der Waals surface area (Å²) < 4.78 is 5.47. The molecule has 17 heavy (non-hydrogen) atoms. The van der Waals surface area contributed by atoms with Crippen LogP contribution in [0.5, 0.6) is 5.75 Å². The van der Waals surface area contributed by atoms with E-state index in [-0.39, 0.29) is 17.8 Å². The molecule has 0 amide bonds. The number of methoxy groups -OCH3 is 1. The van der Waals surface area contributed by atoms with E-state index in [1.807, 2.05) is 19.2 Å².